The van der Waals surface area contributed by atoms with Crippen LogP contribution in [0.4, 0.5) is 0 Å². The van der Waals surface area contributed by atoms with Crippen molar-refractivity contribution in [1.29, 1.82) is 0 Å². The molecule has 1 aliphatic heterocycles. The SMILES string of the molecule is COCC(=O)N1CCC[C@@H](Cn2nnc(-c3cccnc3)n2)C1. The molecule has 1 saturated heterocycles. The van der Waals surface area contributed by atoms with Crippen LogP contribution in [0.3, 0.4) is 0 Å². The minimum absolute atomic E-state index is 0.0415. The quantitative estimate of drug-likeness (QED) is 0.804. The van der Waals surface area contributed by atoms with Gasteiger partial charge in [-0.25, -0.2) is 0 Å². The van der Waals surface area contributed by atoms with Crippen molar-refractivity contribution in [2.45, 2.75) is 19.4 Å². The van der Waals surface area contributed by atoms with Gasteiger partial charge in [-0.15, -0.1) is 10.2 Å². The number of likely N-dealkylation sites (tertiary alicyclic amines) is 1. The molecule has 8 heteroatoms. The standard InChI is InChI=1S/C15H20N6O2/c1-23-11-14(22)20-7-3-4-12(9-20)10-21-18-15(17-19-21)13-5-2-6-16-8-13/h2,5-6,8,12H,3-4,7,9-11H2,1H3/t12-/m1/s1. The summed E-state index contributed by atoms with van der Waals surface area (Å²) in [5.41, 5.74) is 0.847. The fourth-order valence-electron chi connectivity index (χ4n) is 2.82. The van der Waals surface area contributed by atoms with Crippen LogP contribution in [-0.4, -0.2) is 62.8 Å². The topological polar surface area (TPSA) is 86.0 Å². The number of ether oxygens (including phenoxy) is 1. The molecule has 1 amide bonds. The predicted octanol–water partition coefficient (Wildman–Crippen LogP) is 0.620. The van der Waals surface area contributed by atoms with Gasteiger partial charge in [0.25, 0.3) is 0 Å². The van der Waals surface area contributed by atoms with Crippen LogP contribution in [0.1, 0.15) is 12.8 Å². The lowest BCUT2D eigenvalue weighted by Crippen LogP contribution is -2.42. The molecule has 0 N–H and O–H groups in total. The van der Waals surface area contributed by atoms with Crippen LogP contribution >= 0.6 is 0 Å². The van der Waals surface area contributed by atoms with Gasteiger partial charge in [-0.2, -0.15) is 4.80 Å². The monoisotopic (exact) mass is 316 g/mol. The Hall–Kier alpha value is -2.35. The maximum atomic E-state index is 11.9. The molecule has 1 aliphatic rings. The number of hydrogen-bond acceptors (Lipinski definition) is 6. The Labute approximate surface area is 134 Å². The Balaban J connectivity index is 1.61. The molecule has 3 rings (SSSR count). The van der Waals surface area contributed by atoms with Crippen LogP contribution < -0.4 is 0 Å². The Morgan fingerprint density at radius 1 is 1.48 bits per heavy atom. The Kier molecular flexibility index (Phi) is 4.92. The Morgan fingerprint density at radius 2 is 2.39 bits per heavy atom. The number of aromatic nitrogens is 5. The fourth-order valence-corrected chi connectivity index (χ4v) is 2.82. The van der Waals surface area contributed by atoms with Gasteiger partial charge in [-0.05, 0) is 36.1 Å². The van der Waals surface area contributed by atoms with Gasteiger partial charge in [0.05, 0.1) is 6.54 Å². The first kappa shape index (κ1) is 15.5. The van der Waals surface area contributed by atoms with Gasteiger partial charge in [0.1, 0.15) is 6.61 Å². The van der Waals surface area contributed by atoms with Gasteiger partial charge in [-0.3, -0.25) is 9.78 Å². The molecular weight excluding hydrogens is 296 g/mol. The van der Waals surface area contributed by atoms with Crippen LogP contribution in [0.15, 0.2) is 24.5 Å². The molecule has 8 nitrogen and oxygen atoms in total. The molecule has 0 bridgehead atoms. The molecule has 3 heterocycles. The third-order valence-electron chi connectivity index (χ3n) is 3.93. The van der Waals surface area contributed by atoms with Gasteiger partial charge in [-0.1, -0.05) is 0 Å². The van der Waals surface area contributed by atoms with Crippen LogP contribution in [0.2, 0.25) is 0 Å². The van der Waals surface area contributed by atoms with Crippen molar-refractivity contribution in [3.63, 3.8) is 0 Å². The van der Waals surface area contributed by atoms with Crippen molar-refractivity contribution < 1.29 is 9.53 Å². The van der Waals surface area contributed by atoms with E-state index in [9.17, 15) is 4.79 Å². The highest BCUT2D eigenvalue weighted by Gasteiger charge is 2.24. The lowest BCUT2D eigenvalue weighted by atomic mass is 9.98. The number of nitrogens with zero attached hydrogens (tertiary/aromatic N) is 6. The molecule has 2 aromatic rings. The third kappa shape index (κ3) is 3.89. The second-order valence-electron chi connectivity index (χ2n) is 5.69. The zero-order chi connectivity index (χ0) is 16.1. The molecule has 0 unspecified atom stereocenters. The molecule has 0 spiro atoms. The van der Waals surface area contributed by atoms with Gasteiger partial charge in [0.15, 0.2) is 0 Å². The van der Waals surface area contributed by atoms with Crippen LogP contribution in [0.25, 0.3) is 11.4 Å². The summed E-state index contributed by atoms with van der Waals surface area (Å²) < 4.78 is 4.93. The van der Waals surface area contributed by atoms with Gasteiger partial charge in [0, 0.05) is 38.2 Å². The maximum Gasteiger partial charge on any atom is 0.248 e. The fraction of sp³-hybridized carbons (Fsp3) is 0.533. The summed E-state index contributed by atoms with van der Waals surface area (Å²) in [7, 11) is 1.54. The number of carbonyl (C=O) groups is 1. The molecule has 23 heavy (non-hydrogen) atoms. The third-order valence-corrected chi connectivity index (χ3v) is 3.93. The highest BCUT2D eigenvalue weighted by atomic mass is 16.5. The van der Waals surface area contributed by atoms with Crippen molar-refractivity contribution >= 4 is 5.91 Å². The van der Waals surface area contributed by atoms with E-state index in [0.29, 0.717) is 24.8 Å². The molecule has 1 fully saturated rings. The number of pyridine rings is 1. The van der Waals surface area contributed by atoms with E-state index in [1.165, 1.54) is 0 Å². The van der Waals surface area contributed by atoms with Gasteiger partial charge < -0.3 is 9.64 Å². The highest BCUT2D eigenvalue weighted by Crippen LogP contribution is 2.18. The van der Waals surface area contributed by atoms with Gasteiger partial charge >= 0.3 is 0 Å². The smallest absolute Gasteiger partial charge is 0.248 e. The average molecular weight is 316 g/mol. The number of hydrogen-bond donors (Lipinski definition) is 0. The summed E-state index contributed by atoms with van der Waals surface area (Å²) in [6.45, 7) is 2.31. The summed E-state index contributed by atoms with van der Waals surface area (Å²) in [4.78, 5) is 19.5. The first-order valence-corrected chi connectivity index (χ1v) is 7.71. The number of carbonyl (C=O) groups excluding carboxylic acids is 1. The zero-order valence-corrected chi connectivity index (χ0v) is 13.1. The van der Waals surface area contributed by atoms with E-state index in [1.54, 1.807) is 24.3 Å². The lowest BCUT2D eigenvalue weighted by Gasteiger charge is -2.32. The number of amides is 1. The van der Waals surface area contributed by atoms with E-state index >= 15 is 0 Å². The molecular formula is C15H20N6O2. The van der Waals surface area contributed by atoms with Crippen LogP contribution in [0, 0.1) is 5.92 Å². The first-order valence-electron chi connectivity index (χ1n) is 7.71. The molecule has 2 aromatic heterocycles. The van der Waals surface area contributed by atoms with E-state index in [2.05, 4.69) is 20.4 Å². The maximum absolute atomic E-state index is 11.9. The summed E-state index contributed by atoms with van der Waals surface area (Å²) in [5.74, 6) is 0.946. The average Bonchev–Trinajstić information content (AvgIpc) is 3.05. The van der Waals surface area contributed by atoms with Crippen molar-refractivity contribution in [2.75, 3.05) is 26.8 Å². The first-order chi connectivity index (χ1) is 11.3. The van der Waals surface area contributed by atoms with Crippen molar-refractivity contribution in [2.24, 2.45) is 5.92 Å². The van der Waals surface area contributed by atoms with Crippen LogP contribution in [-0.2, 0) is 16.1 Å². The normalized spacial score (nSPS) is 18.1. The van der Waals surface area contributed by atoms with E-state index in [4.69, 9.17) is 4.74 Å². The number of tetrazole rings is 1. The second-order valence-corrected chi connectivity index (χ2v) is 5.69. The molecule has 0 aliphatic carbocycles. The molecule has 122 valence electrons. The van der Waals surface area contributed by atoms with Crippen molar-refractivity contribution in [3.05, 3.63) is 24.5 Å². The summed E-state index contributed by atoms with van der Waals surface area (Å²) in [6.07, 6.45) is 5.47. The van der Waals surface area contributed by atoms with Crippen molar-refractivity contribution in [3.8, 4) is 11.4 Å². The second kappa shape index (κ2) is 7.28. The Bertz CT molecular complexity index is 644. The van der Waals surface area contributed by atoms with E-state index in [1.807, 2.05) is 17.0 Å². The number of methoxy groups -OCH3 is 1. The summed E-state index contributed by atoms with van der Waals surface area (Å²) >= 11 is 0. The number of piperidine rings is 1. The van der Waals surface area contributed by atoms with E-state index in [0.717, 1.165) is 24.9 Å². The summed E-state index contributed by atoms with van der Waals surface area (Å²) in [5, 5.41) is 12.6. The largest absolute Gasteiger partial charge is 0.375 e. The number of rotatable bonds is 5. The molecule has 0 saturated carbocycles. The minimum atomic E-state index is 0.0415. The van der Waals surface area contributed by atoms with Gasteiger partial charge in [0.2, 0.25) is 11.7 Å². The predicted molar refractivity (Wildman–Crippen MR) is 82.2 cm³/mol. The molecule has 0 radical (unpaired) electrons. The minimum Gasteiger partial charge on any atom is -0.375 e. The van der Waals surface area contributed by atoms with Crippen molar-refractivity contribution in [1.82, 2.24) is 30.1 Å². The van der Waals surface area contributed by atoms with Crippen LogP contribution in [0.5, 0.6) is 0 Å². The summed E-state index contributed by atoms with van der Waals surface area (Å²) in [6, 6.07) is 3.75. The zero-order valence-electron chi connectivity index (χ0n) is 13.1. The Morgan fingerprint density at radius 3 is 3.17 bits per heavy atom. The van der Waals surface area contributed by atoms with E-state index in [-0.39, 0.29) is 12.5 Å². The molecule has 1 atom stereocenters. The highest BCUT2D eigenvalue weighted by molar-refractivity contribution is 5.77. The molecule has 0 aromatic carbocycles. The van der Waals surface area contributed by atoms with E-state index < -0.39 is 0 Å². The lowest BCUT2D eigenvalue weighted by molar-refractivity contribution is -0.137.